The average Bonchev–Trinajstić information content (AvgIpc) is 2.51. The van der Waals surface area contributed by atoms with E-state index in [0.29, 0.717) is 28.9 Å². The Morgan fingerprint density at radius 2 is 1.86 bits per heavy atom. The first-order valence-corrected chi connectivity index (χ1v) is 7.32. The lowest BCUT2D eigenvalue weighted by Crippen LogP contribution is -2.04. The molecule has 0 aliphatic heterocycles. The third kappa shape index (κ3) is 3.07. The third-order valence-electron chi connectivity index (χ3n) is 3.47. The number of anilines is 2. The van der Waals surface area contributed by atoms with Crippen molar-refractivity contribution in [2.24, 2.45) is 0 Å². The van der Waals surface area contributed by atoms with E-state index < -0.39 is 0 Å². The Balaban J connectivity index is 1.74. The summed E-state index contributed by atoms with van der Waals surface area (Å²) in [6, 6.07) is 13.2. The van der Waals surface area contributed by atoms with E-state index in [2.05, 4.69) is 4.98 Å². The van der Waals surface area contributed by atoms with Gasteiger partial charge < -0.3 is 16.2 Å². The molecule has 22 heavy (non-hydrogen) atoms. The predicted octanol–water partition coefficient (Wildman–Crippen LogP) is 3.67. The van der Waals surface area contributed by atoms with Gasteiger partial charge in [0.1, 0.15) is 0 Å². The smallest absolute Gasteiger partial charge is 0.221 e. The lowest BCUT2D eigenvalue weighted by molar-refractivity contribution is 0.314. The van der Waals surface area contributed by atoms with Crippen LogP contribution in [0, 0.1) is 0 Å². The van der Waals surface area contributed by atoms with Gasteiger partial charge in [0.15, 0.2) is 0 Å². The Morgan fingerprint density at radius 3 is 2.68 bits per heavy atom. The molecule has 0 aliphatic rings. The molecule has 0 fully saturated rings. The van der Waals surface area contributed by atoms with E-state index in [1.807, 2.05) is 36.4 Å². The number of nitrogen functional groups attached to an aromatic ring is 2. The van der Waals surface area contributed by atoms with Crippen LogP contribution in [-0.2, 0) is 6.42 Å². The Labute approximate surface area is 133 Å². The third-order valence-corrected chi connectivity index (χ3v) is 3.71. The molecule has 0 bridgehead atoms. The summed E-state index contributed by atoms with van der Waals surface area (Å²) in [5, 5.41) is 2.62. The molecule has 4 N–H and O–H groups in total. The first-order valence-electron chi connectivity index (χ1n) is 6.94. The highest BCUT2D eigenvalue weighted by atomic mass is 35.5. The summed E-state index contributed by atoms with van der Waals surface area (Å²) < 4.78 is 5.81. The van der Waals surface area contributed by atoms with Crippen LogP contribution in [0.4, 0.5) is 11.4 Å². The van der Waals surface area contributed by atoms with Crippen molar-refractivity contribution in [3.8, 4) is 5.88 Å². The van der Waals surface area contributed by atoms with E-state index in [1.165, 1.54) is 0 Å². The van der Waals surface area contributed by atoms with Crippen LogP contribution in [0.5, 0.6) is 5.88 Å². The number of nitrogens with two attached hydrogens (primary N) is 2. The molecule has 0 amide bonds. The molecule has 3 aromatic rings. The second-order valence-corrected chi connectivity index (χ2v) is 5.48. The fourth-order valence-corrected chi connectivity index (χ4v) is 2.45. The zero-order valence-corrected chi connectivity index (χ0v) is 12.7. The number of halogens is 1. The van der Waals surface area contributed by atoms with E-state index in [-0.39, 0.29) is 0 Å². The predicted molar refractivity (Wildman–Crippen MR) is 91.2 cm³/mol. The number of hydrogen-bond acceptors (Lipinski definition) is 4. The molecule has 5 heteroatoms. The van der Waals surface area contributed by atoms with Gasteiger partial charge in [-0.15, -0.1) is 0 Å². The van der Waals surface area contributed by atoms with Gasteiger partial charge in [0.2, 0.25) is 5.88 Å². The first-order chi connectivity index (χ1) is 10.6. The van der Waals surface area contributed by atoms with Crippen LogP contribution in [0.15, 0.2) is 48.7 Å². The number of rotatable bonds is 4. The Bertz CT molecular complexity index is 820. The van der Waals surface area contributed by atoms with Crippen LogP contribution in [0.25, 0.3) is 10.8 Å². The largest absolute Gasteiger partial charge is 0.477 e. The number of fused-ring (bicyclic) bond motifs is 1. The van der Waals surface area contributed by atoms with Gasteiger partial charge in [-0.25, -0.2) is 4.98 Å². The summed E-state index contributed by atoms with van der Waals surface area (Å²) >= 11 is 6.04. The maximum atomic E-state index is 6.04. The van der Waals surface area contributed by atoms with Gasteiger partial charge in [-0.1, -0.05) is 23.7 Å². The van der Waals surface area contributed by atoms with Crippen LogP contribution in [0.3, 0.4) is 0 Å². The van der Waals surface area contributed by atoms with Gasteiger partial charge >= 0.3 is 0 Å². The number of benzene rings is 2. The van der Waals surface area contributed by atoms with Crippen molar-refractivity contribution in [3.63, 3.8) is 0 Å². The van der Waals surface area contributed by atoms with Crippen LogP contribution < -0.4 is 16.2 Å². The summed E-state index contributed by atoms with van der Waals surface area (Å²) in [5.74, 6) is 0.586. The second-order valence-electron chi connectivity index (χ2n) is 5.04. The molecule has 1 aromatic heterocycles. The zero-order valence-electron chi connectivity index (χ0n) is 11.9. The van der Waals surface area contributed by atoms with Crippen molar-refractivity contribution in [3.05, 3.63) is 59.2 Å². The van der Waals surface area contributed by atoms with Crippen molar-refractivity contribution in [1.29, 1.82) is 0 Å². The molecule has 2 aromatic carbocycles. The molecule has 4 nitrogen and oxygen atoms in total. The van der Waals surface area contributed by atoms with Crippen LogP contribution in [0.2, 0.25) is 5.02 Å². The second kappa shape index (κ2) is 6.12. The maximum absolute atomic E-state index is 6.04. The van der Waals surface area contributed by atoms with Crippen molar-refractivity contribution < 1.29 is 4.74 Å². The van der Waals surface area contributed by atoms with E-state index in [0.717, 1.165) is 22.8 Å². The van der Waals surface area contributed by atoms with Gasteiger partial charge in [0, 0.05) is 23.0 Å². The zero-order chi connectivity index (χ0) is 15.5. The molecule has 0 radical (unpaired) electrons. The van der Waals surface area contributed by atoms with Crippen molar-refractivity contribution >= 4 is 33.7 Å². The summed E-state index contributed by atoms with van der Waals surface area (Å²) in [5.41, 5.74) is 13.8. The minimum atomic E-state index is 0.502. The Hall–Kier alpha value is -2.46. The van der Waals surface area contributed by atoms with Crippen LogP contribution >= 0.6 is 11.6 Å². The van der Waals surface area contributed by atoms with E-state index >= 15 is 0 Å². The molecular weight excluding hydrogens is 298 g/mol. The Morgan fingerprint density at radius 1 is 1.00 bits per heavy atom. The molecular formula is C17H16ClN3O. The van der Waals surface area contributed by atoms with Crippen LogP contribution in [-0.4, -0.2) is 11.6 Å². The monoisotopic (exact) mass is 313 g/mol. The van der Waals surface area contributed by atoms with Gasteiger partial charge in [-0.3, -0.25) is 0 Å². The van der Waals surface area contributed by atoms with E-state index in [1.54, 1.807) is 12.3 Å². The number of hydrogen-bond donors (Lipinski definition) is 2. The normalized spacial score (nSPS) is 10.8. The molecule has 0 unspecified atom stereocenters. The quantitative estimate of drug-likeness (QED) is 0.721. The first kappa shape index (κ1) is 14.5. The molecule has 0 saturated carbocycles. The number of nitrogens with zero attached hydrogens (tertiary/aromatic N) is 1. The molecule has 3 rings (SSSR count). The van der Waals surface area contributed by atoms with E-state index in [4.69, 9.17) is 27.8 Å². The summed E-state index contributed by atoms with van der Waals surface area (Å²) in [4.78, 5) is 4.29. The summed E-state index contributed by atoms with van der Waals surface area (Å²) in [7, 11) is 0. The van der Waals surface area contributed by atoms with Crippen molar-refractivity contribution in [2.45, 2.75) is 6.42 Å². The minimum absolute atomic E-state index is 0.502. The topological polar surface area (TPSA) is 74.2 Å². The Kier molecular flexibility index (Phi) is 4.02. The lowest BCUT2D eigenvalue weighted by atomic mass is 10.1. The molecule has 112 valence electrons. The van der Waals surface area contributed by atoms with Gasteiger partial charge in [0.25, 0.3) is 0 Å². The minimum Gasteiger partial charge on any atom is -0.477 e. The van der Waals surface area contributed by atoms with Gasteiger partial charge in [-0.2, -0.15) is 0 Å². The molecule has 0 spiro atoms. The fraction of sp³-hybridized carbons (Fsp3) is 0.118. The highest BCUT2D eigenvalue weighted by Crippen LogP contribution is 2.26. The summed E-state index contributed by atoms with van der Waals surface area (Å²) in [6.45, 7) is 0.502. The lowest BCUT2D eigenvalue weighted by Gasteiger charge is -2.09. The number of pyridine rings is 1. The van der Waals surface area contributed by atoms with Crippen molar-refractivity contribution in [2.75, 3.05) is 18.1 Å². The van der Waals surface area contributed by atoms with Crippen molar-refractivity contribution in [1.82, 2.24) is 4.98 Å². The fourth-order valence-electron chi connectivity index (χ4n) is 2.27. The number of ether oxygens (including phenoxy) is 1. The average molecular weight is 314 g/mol. The molecule has 0 saturated heterocycles. The standard InChI is InChI=1S/C17H16ClN3O/c18-13-3-2-12-5-7-21-17(14(12)10-13)22-8-6-11-1-4-15(19)16(20)9-11/h1-5,7,9-10H,6,8,19-20H2. The number of aromatic nitrogens is 1. The van der Waals surface area contributed by atoms with Gasteiger partial charge in [-0.05, 0) is 41.3 Å². The molecule has 0 aliphatic carbocycles. The maximum Gasteiger partial charge on any atom is 0.221 e. The molecule has 0 atom stereocenters. The summed E-state index contributed by atoms with van der Waals surface area (Å²) in [6.07, 6.45) is 2.45. The molecule has 1 heterocycles. The van der Waals surface area contributed by atoms with Crippen LogP contribution in [0.1, 0.15) is 5.56 Å². The highest BCUT2D eigenvalue weighted by molar-refractivity contribution is 6.31. The highest BCUT2D eigenvalue weighted by Gasteiger charge is 2.05. The SMILES string of the molecule is Nc1ccc(CCOc2nccc3ccc(Cl)cc23)cc1N. The van der Waals surface area contributed by atoms with Gasteiger partial charge in [0.05, 0.1) is 18.0 Å². The van der Waals surface area contributed by atoms with E-state index in [9.17, 15) is 0 Å².